The predicted octanol–water partition coefficient (Wildman–Crippen LogP) is 4.62. The summed E-state index contributed by atoms with van der Waals surface area (Å²) < 4.78 is 5.27. The number of methoxy groups -OCH3 is 1. The summed E-state index contributed by atoms with van der Waals surface area (Å²) in [5.74, 6) is 0.317. The molecular formula is C25H30N2O4. The highest BCUT2D eigenvalue weighted by Gasteiger charge is 2.40. The van der Waals surface area contributed by atoms with Crippen LogP contribution >= 0.6 is 0 Å². The average molecular weight is 423 g/mol. The molecule has 0 spiro atoms. The molecule has 1 saturated heterocycles. The largest absolute Gasteiger partial charge is 0.497 e. The van der Waals surface area contributed by atoms with E-state index >= 15 is 0 Å². The molecule has 2 aromatic carbocycles. The van der Waals surface area contributed by atoms with Crippen LogP contribution in [0.1, 0.15) is 61.5 Å². The standard InChI is InChI=1S/C25H30N2O4/c1-4-5-16-27-23(29)15-14-22(24(27)19-8-12-21(31-3)13-9-19)25(30)26-20-10-6-18(7-11-20)17(2)28/h6-13,22,24H,4-5,14-16H2,1-3H3,(H,26,30)/t22-,24+/m1/s1. The minimum absolute atomic E-state index is 0.0187. The van der Waals surface area contributed by atoms with Gasteiger partial charge in [0, 0.05) is 24.2 Å². The quantitative estimate of drug-likeness (QED) is 0.630. The maximum absolute atomic E-state index is 13.3. The lowest BCUT2D eigenvalue weighted by molar-refractivity contribution is -0.142. The molecule has 2 atom stereocenters. The number of rotatable bonds is 8. The van der Waals surface area contributed by atoms with Gasteiger partial charge in [0.15, 0.2) is 5.78 Å². The lowest BCUT2D eigenvalue weighted by Crippen LogP contribution is -2.47. The minimum atomic E-state index is -0.365. The predicted molar refractivity (Wildman–Crippen MR) is 120 cm³/mol. The Hall–Kier alpha value is -3.15. The second kappa shape index (κ2) is 10.2. The van der Waals surface area contributed by atoms with Gasteiger partial charge in [0.1, 0.15) is 5.75 Å². The normalized spacial score (nSPS) is 18.5. The third-order valence-corrected chi connectivity index (χ3v) is 5.81. The number of amides is 2. The monoisotopic (exact) mass is 422 g/mol. The molecule has 0 bridgehead atoms. The number of nitrogens with zero attached hydrogens (tertiary/aromatic N) is 1. The number of nitrogens with one attached hydrogen (secondary N) is 1. The van der Waals surface area contributed by atoms with E-state index in [9.17, 15) is 14.4 Å². The second-order valence-corrected chi connectivity index (χ2v) is 7.93. The Morgan fingerprint density at radius 1 is 1.10 bits per heavy atom. The van der Waals surface area contributed by atoms with Crippen LogP contribution in [0.15, 0.2) is 48.5 Å². The number of anilines is 1. The Morgan fingerprint density at radius 3 is 2.35 bits per heavy atom. The van der Waals surface area contributed by atoms with Crippen LogP contribution in [-0.2, 0) is 9.59 Å². The number of benzene rings is 2. The minimum Gasteiger partial charge on any atom is -0.497 e. The van der Waals surface area contributed by atoms with E-state index in [2.05, 4.69) is 12.2 Å². The Labute approximate surface area is 183 Å². The maximum Gasteiger partial charge on any atom is 0.229 e. The Balaban J connectivity index is 1.87. The molecule has 0 radical (unpaired) electrons. The summed E-state index contributed by atoms with van der Waals surface area (Å²) in [6.45, 7) is 4.23. The van der Waals surface area contributed by atoms with Crippen molar-refractivity contribution in [2.75, 3.05) is 19.0 Å². The molecule has 1 aliphatic rings. The lowest BCUT2D eigenvalue weighted by atomic mass is 9.83. The van der Waals surface area contributed by atoms with Gasteiger partial charge < -0.3 is 15.0 Å². The zero-order chi connectivity index (χ0) is 22.4. The number of ketones is 1. The van der Waals surface area contributed by atoms with Gasteiger partial charge in [-0.05, 0) is 61.7 Å². The van der Waals surface area contributed by atoms with Gasteiger partial charge in [-0.3, -0.25) is 14.4 Å². The van der Waals surface area contributed by atoms with Crippen LogP contribution in [0.2, 0.25) is 0 Å². The first kappa shape index (κ1) is 22.5. The van der Waals surface area contributed by atoms with Gasteiger partial charge in [-0.15, -0.1) is 0 Å². The molecule has 2 aromatic rings. The van der Waals surface area contributed by atoms with Gasteiger partial charge in [0.05, 0.1) is 19.1 Å². The summed E-state index contributed by atoms with van der Waals surface area (Å²) in [5.41, 5.74) is 2.17. The highest BCUT2D eigenvalue weighted by Crippen LogP contribution is 2.38. The molecule has 1 aliphatic heterocycles. The van der Waals surface area contributed by atoms with Crippen LogP contribution in [-0.4, -0.2) is 36.2 Å². The van der Waals surface area contributed by atoms with E-state index in [1.165, 1.54) is 6.92 Å². The molecule has 164 valence electrons. The van der Waals surface area contributed by atoms with E-state index in [0.29, 0.717) is 30.6 Å². The van der Waals surface area contributed by atoms with E-state index in [1.807, 2.05) is 29.2 Å². The number of piperidine rings is 1. The molecule has 31 heavy (non-hydrogen) atoms. The fourth-order valence-electron chi connectivity index (χ4n) is 4.06. The third-order valence-electron chi connectivity index (χ3n) is 5.81. The summed E-state index contributed by atoms with van der Waals surface area (Å²) in [7, 11) is 1.61. The summed E-state index contributed by atoms with van der Waals surface area (Å²) in [6, 6.07) is 14.2. The van der Waals surface area contributed by atoms with Crippen molar-refractivity contribution in [2.24, 2.45) is 5.92 Å². The summed E-state index contributed by atoms with van der Waals surface area (Å²) in [5, 5.41) is 2.98. The Kier molecular flexibility index (Phi) is 7.45. The smallest absolute Gasteiger partial charge is 0.229 e. The second-order valence-electron chi connectivity index (χ2n) is 7.93. The number of carbonyl (C=O) groups excluding carboxylic acids is 3. The van der Waals surface area contributed by atoms with Crippen molar-refractivity contribution in [3.05, 3.63) is 59.7 Å². The van der Waals surface area contributed by atoms with E-state index in [0.717, 1.165) is 24.2 Å². The van der Waals surface area contributed by atoms with Gasteiger partial charge >= 0.3 is 0 Å². The fraction of sp³-hybridized carbons (Fsp3) is 0.400. The molecule has 0 aromatic heterocycles. The molecule has 6 heteroatoms. The van der Waals surface area contributed by atoms with Gasteiger partial charge in [-0.1, -0.05) is 25.5 Å². The number of hydrogen-bond acceptors (Lipinski definition) is 4. The van der Waals surface area contributed by atoms with Crippen LogP contribution in [0.25, 0.3) is 0 Å². The number of Topliss-reactive ketones (excluding diaryl/α,β-unsaturated/α-hetero) is 1. The van der Waals surface area contributed by atoms with Crippen molar-refractivity contribution in [1.29, 1.82) is 0 Å². The molecule has 6 nitrogen and oxygen atoms in total. The van der Waals surface area contributed by atoms with Crippen molar-refractivity contribution >= 4 is 23.3 Å². The van der Waals surface area contributed by atoms with Crippen molar-refractivity contribution in [3.63, 3.8) is 0 Å². The van der Waals surface area contributed by atoms with Crippen molar-refractivity contribution < 1.29 is 19.1 Å². The van der Waals surface area contributed by atoms with Crippen LogP contribution in [0.4, 0.5) is 5.69 Å². The number of carbonyl (C=O) groups is 3. The number of ether oxygens (including phenoxy) is 1. The molecule has 2 amide bonds. The highest BCUT2D eigenvalue weighted by atomic mass is 16.5. The maximum atomic E-state index is 13.3. The number of unbranched alkanes of at least 4 members (excludes halogenated alkanes) is 1. The fourth-order valence-corrected chi connectivity index (χ4v) is 4.06. The van der Waals surface area contributed by atoms with E-state index < -0.39 is 0 Å². The van der Waals surface area contributed by atoms with Crippen molar-refractivity contribution in [1.82, 2.24) is 4.90 Å². The average Bonchev–Trinajstić information content (AvgIpc) is 2.78. The zero-order valence-corrected chi connectivity index (χ0v) is 18.4. The Morgan fingerprint density at radius 2 is 1.77 bits per heavy atom. The molecule has 3 rings (SSSR count). The third kappa shape index (κ3) is 5.32. The van der Waals surface area contributed by atoms with Crippen molar-refractivity contribution in [3.8, 4) is 5.75 Å². The van der Waals surface area contributed by atoms with Gasteiger partial charge in [0.2, 0.25) is 11.8 Å². The van der Waals surface area contributed by atoms with Crippen LogP contribution in [0.5, 0.6) is 5.75 Å². The highest BCUT2D eigenvalue weighted by molar-refractivity contribution is 5.97. The first-order valence-electron chi connectivity index (χ1n) is 10.8. The van der Waals surface area contributed by atoms with Crippen LogP contribution < -0.4 is 10.1 Å². The summed E-state index contributed by atoms with van der Waals surface area (Å²) in [6.07, 6.45) is 2.71. The number of hydrogen-bond donors (Lipinski definition) is 1. The molecule has 1 fully saturated rings. The zero-order valence-electron chi connectivity index (χ0n) is 18.4. The van der Waals surface area contributed by atoms with Crippen molar-refractivity contribution in [2.45, 2.75) is 45.6 Å². The molecule has 1 heterocycles. The van der Waals surface area contributed by atoms with Gasteiger partial charge in [-0.2, -0.15) is 0 Å². The molecule has 0 saturated carbocycles. The van der Waals surface area contributed by atoms with E-state index in [4.69, 9.17) is 4.74 Å². The van der Waals surface area contributed by atoms with Gasteiger partial charge in [-0.25, -0.2) is 0 Å². The topological polar surface area (TPSA) is 75.7 Å². The summed E-state index contributed by atoms with van der Waals surface area (Å²) in [4.78, 5) is 39.4. The first-order chi connectivity index (χ1) is 14.9. The van der Waals surface area contributed by atoms with Crippen LogP contribution in [0, 0.1) is 5.92 Å². The SMILES string of the molecule is CCCCN1C(=O)CC[C@@H](C(=O)Nc2ccc(C(C)=O)cc2)[C@@H]1c1ccc(OC)cc1. The Bertz CT molecular complexity index is 922. The van der Waals surface area contributed by atoms with Crippen LogP contribution in [0.3, 0.4) is 0 Å². The molecule has 0 aliphatic carbocycles. The molecule has 1 N–H and O–H groups in total. The van der Waals surface area contributed by atoms with Gasteiger partial charge in [0.25, 0.3) is 0 Å². The number of likely N-dealkylation sites (tertiary alicyclic amines) is 1. The lowest BCUT2D eigenvalue weighted by Gasteiger charge is -2.41. The van der Waals surface area contributed by atoms with E-state index in [-0.39, 0.29) is 29.6 Å². The molecular weight excluding hydrogens is 392 g/mol. The summed E-state index contributed by atoms with van der Waals surface area (Å²) >= 11 is 0. The van der Waals surface area contributed by atoms with E-state index in [1.54, 1.807) is 31.4 Å². The first-order valence-corrected chi connectivity index (χ1v) is 10.8. The molecule has 0 unspecified atom stereocenters.